The van der Waals surface area contributed by atoms with Gasteiger partial charge in [-0.2, -0.15) is 0 Å². The number of carbonyl (C=O) groups excluding carboxylic acids is 1. The third-order valence-electron chi connectivity index (χ3n) is 3.97. The average Bonchev–Trinajstić information content (AvgIpc) is 2.47. The van der Waals surface area contributed by atoms with Crippen molar-refractivity contribution in [2.45, 2.75) is 103 Å². The van der Waals surface area contributed by atoms with Crippen LogP contribution in [0.5, 0.6) is 0 Å². The maximum atomic E-state index is 10.4. The molecule has 0 N–H and O–H groups in total. The van der Waals surface area contributed by atoms with Crippen LogP contribution in [0.4, 0.5) is 0 Å². The molecule has 1 unspecified atom stereocenters. The molecule has 0 aliphatic rings. The molecular formula is C17H32NO3. The summed E-state index contributed by atoms with van der Waals surface area (Å²) in [6.45, 7) is 2.24. The number of unbranched alkanes of at least 4 members (excludes halogenated alkanes) is 12. The van der Waals surface area contributed by atoms with Gasteiger partial charge in [-0.1, -0.05) is 84.0 Å². The molecule has 0 saturated heterocycles. The Labute approximate surface area is 129 Å². The van der Waals surface area contributed by atoms with Crippen LogP contribution in [0.15, 0.2) is 0 Å². The molecule has 0 aromatic rings. The van der Waals surface area contributed by atoms with E-state index in [9.17, 15) is 14.9 Å². The van der Waals surface area contributed by atoms with Crippen LogP contribution in [0, 0.1) is 10.1 Å². The molecule has 0 aromatic heterocycles. The second kappa shape index (κ2) is 15.5. The van der Waals surface area contributed by atoms with Crippen LogP contribution in [0.2, 0.25) is 0 Å². The van der Waals surface area contributed by atoms with Gasteiger partial charge in [0.2, 0.25) is 0 Å². The molecule has 0 amide bonds. The molecule has 0 heterocycles. The van der Waals surface area contributed by atoms with Crippen molar-refractivity contribution in [3.8, 4) is 0 Å². The van der Waals surface area contributed by atoms with Gasteiger partial charge in [0, 0.05) is 11.3 Å². The van der Waals surface area contributed by atoms with Gasteiger partial charge >= 0.3 is 0 Å². The van der Waals surface area contributed by atoms with E-state index in [1.54, 1.807) is 0 Å². The van der Waals surface area contributed by atoms with Crippen molar-refractivity contribution >= 4 is 6.29 Å². The fourth-order valence-corrected chi connectivity index (χ4v) is 2.56. The molecule has 0 saturated carbocycles. The molecule has 0 aliphatic heterocycles. The zero-order chi connectivity index (χ0) is 15.8. The first-order valence-electron chi connectivity index (χ1n) is 8.73. The Morgan fingerprint density at radius 1 is 0.810 bits per heavy atom. The average molecular weight is 298 g/mol. The van der Waals surface area contributed by atoms with Gasteiger partial charge in [0.15, 0.2) is 0 Å². The lowest BCUT2D eigenvalue weighted by molar-refractivity contribution is -0.503. The van der Waals surface area contributed by atoms with Gasteiger partial charge in [-0.25, -0.2) is 0 Å². The minimum atomic E-state index is -1.11. The Balaban J connectivity index is 3.15. The Bertz CT molecular complexity index is 256. The van der Waals surface area contributed by atoms with Crippen LogP contribution < -0.4 is 0 Å². The molecule has 0 aromatic carbocycles. The topological polar surface area (TPSA) is 60.2 Å². The lowest BCUT2D eigenvalue weighted by Crippen LogP contribution is -2.20. The lowest BCUT2D eigenvalue weighted by Gasteiger charge is -2.03. The quantitative estimate of drug-likeness (QED) is 0.223. The molecule has 4 nitrogen and oxygen atoms in total. The second-order valence-electron chi connectivity index (χ2n) is 5.95. The van der Waals surface area contributed by atoms with E-state index in [2.05, 4.69) is 6.92 Å². The fourth-order valence-electron chi connectivity index (χ4n) is 2.56. The maximum Gasteiger partial charge on any atom is 0.278 e. The highest BCUT2D eigenvalue weighted by Crippen LogP contribution is 2.13. The number of nitrogens with zero attached hydrogens (tertiary/aromatic N) is 1. The van der Waals surface area contributed by atoms with Crippen molar-refractivity contribution in [1.29, 1.82) is 0 Å². The highest BCUT2D eigenvalue weighted by molar-refractivity contribution is 5.56. The van der Waals surface area contributed by atoms with E-state index in [0.717, 1.165) is 19.3 Å². The zero-order valence-corrected chi connectivity index (χ0v) is 13.6. The Hall–Kier alpha value is -0.930. The SMILES string of the molecule is CCCCCCCCCCCCCCCC([C]=O)[N+](=O)[O-]. The molecule has 0 bridgehead atoms. The van der Waals surface area contributed by atoms with E-state index in [4.69, 9.17) is 0 Å². The minimum absolute atomic E-state index is 0.342. The third-order valence-corrected chi connectivity index (χ3v) is 3.97. The largest absolute Gasteiger partial charge is 0.283 e. The smallest absolute Gasteiger partial charge is 0.278 e. The minimum Gasteiger partial charge on any atom is -0.283 e. The number of nitro groups is 1. The van der Waals surface area contributed by atoms with E-state index in [0.29, 0.717) is 6.42 Å². The standard InChI is InChI=1S/C17H32NO3/c1-2-3-4-5-6-7-8-9-10-11-12-13-14-15-17(16-19)18(20)21/h17H,2-15H2,1H3. The summed E-state index contributed by atoms with van der Waals surface area (Å²) in [6.07, 6.45) is 18.1. The summed E-state index contributed by atoms with van der Waals surface area (Å²) in [4.78, 5) is 20.2. The van der Waals surface area contributed by atoms with Crippen LogP contribution in [0.3, 0.4) is 0 Å². The third kappa shape index (κ3) is 13.8. The molecular weight excluding hydrogens is 266 g/mol. The van der Waals surface area contributed by atoms with Crippen molar-refractivity contribution in [2.24, 2.45) is 0 Å². The van der Waals surface area contributed by atoms with Crippen LogP contribution in [0.25, 0.3) is 0 Å². The highest BCUT2D eigenvalue weighted by Gasteiger charge is 2.18. The van der Waals surface area contributed by atoms with Crippen molar-refractivity contribution in [2.75, 3.05) is 0 Å². The maximum absolute atomic E-state index is 10.4. The van der Waals surface area contributed by atoms with Gasteiger partial charge in [-0.3, -0.25) is 14.9 Å². The van der Waals surface area contributed by atoms with E-state index >= 15 is 0 Å². The van der Waals surface area contributed by atoms with Crippen molar-refractivity contribution in [1.82, 2.24) is 0 Å². The van der Waals surface area contributed by atoms with Gasteiger partial charge in [0.1, 0.15) is 0 Å². The summed E-state index contributed by atoms with van der Waals surface area (Å²) in [5, 5.41) is 10.4. The normalized spacial score (nSPS) is 12.2. The van der Waals surface area contributed by atoms with Gasteiger partial charge < -0.3 is 0 Å². The van der Waals surface area contributed by atoms with Crippen LogP contribution in [0.1, 0.15) is 96.8 Å². The number of rotatable bonds is 16. The van der Waals surface area contributed by atoms with Crippen LogP contribution in [-0.4, -0.2) is 17.3 Å². The highest BCUT2D eigenvalue weighted by atomic mass is 16.6. The monoisotopic (exact) mass is 298 g/mol. The summed E-state index contributed by atoms with van der Waals surface area (Å²) in [6, 6.07) is -1.11. The Morgan fingerprint density at radius 3 is 1.52 bits per heavy atom. The summed E-state index contributed by atoms with van der Waals surface area (Å²) in [5.41, 5.74) is 0. The van der Waals surface area contributed by atoms with Crippen LogP contribution in [-0.2, 0) is 4.79 Å². The molecule has 4 heteroatoms. The molecule has 21 heavy (non-hydrogen) atoms. The molecule has 123 valence electrons. The molecule has 0 spiro atoms. The van der Waals surface area contributed by atoms with E-state index < -0.39 is 11.0 Å². The van der Waals surface area contributed by atoms with E-state index in [-0.39, 0.29) is 0 Å². The van der Waals surface area contributed by atoms with Crippen molar-refractivity contribution in [3.63, 3.8) is 0 Å². The predicted octanol–water partition coefficient (Wildman–Crippen LogP) is 5.22. The number of hydrogen-bond donors (Lipinski definition) is 0. The summed E-state index contributed by atoms with van der Waals surface area (Å²) >= 11 is 0. The van der Waals surface area contributed by atoms with Gasteiger partial charge in [0.25, 0.3) is 12.3 Å². The number of hydrogen-bond acceptors (Lipinski definition) is 3. The van der Waals surface area contributed by atoms with Gasteiger partial charge in [0.05, 0.1) is 0 Å². The van der Waals surface area contributed by atoms with Gasteiger partial charge in [-0.15, -0.1) is 0 Å². The van der Waals surface area contributed by atoms with E-state index in [1.807, 2.05) is 0 Å². The van der Waals surface area contributed by atoms with Crippen molar-refractivity contribution < 1.29 is 9.72 Å². The molecule has 1 radical (unpaired) electrons. The molecule has 0 fully saturated rings. The molecule has 0 aliphatic carbocycles. The summed E-state index contributed by atoms with van der Waals surface area (Å²) < 4.78 is 0. The van der Waals surface area contributed by atoms with Crippen LogP contribution >= 0.6 is 0 Å². The van der Waals surface area contributed by atoms with E-state index in [1.165, 1.54) is 70.5 Å². The first-order valence-corrected chi connectivity index (χ1v) is 8.73. The second-order valence-corrected chi connectivity index (χ2v) is 5.95. The molecule has 0 rings (SSSR count). The van der Waals surface area contributed by atoms with Crippen molar-refractivity contribution in [3.05, 3.63) is 10.1 Å². The predicted molar refractivity (Wildman–Crippen MR) is 86.8 cm³/mol. The lowest BCUT2D eigenvalue weighted by atomic mass is 10.0. The van der Waals surface area contributed by atoms with Gasteiger partial charge in [-0.05, 0) is 6.42 Å². The zero-order valence-electron chi connectivity index (χ0n) is 13.6. The fraction of sp³-hybridized carbons (Fsp3) is 0.941. The Kier molecular flexibility index (Phi) is 14.8. The summed E-state index contributed by atoms with van der Waals surface area (Å²) in [5.74, 6) is 0. The summed E-state index contributed by atoms with van der Waals surface area (Å²) in [7, 11) is 0. The molecule has 1 atom stereocenters. The first kappa shape index (κ1) is 20.1. The first-order chi connectivity index (χ1) is 10.2. The Morgan fingerprint density at radius 2 is 1.19 bits per heavy atom.